The highest BCUT2D eigenvalue weighted by Gasteiger charge is 2.22. The number of carbonyl (C=O) groups excluding carboxylic acids is 1. The number of rotatable bonds is 8. The fourth-order valence-corrected chi connectivity index (χ4v) is 4.56. The van der Waals surface area contributed by atoms with Crippen LogP contribution in [0.15, 0.2) is 29.3 Å². The molecule has 1 heterocycles. The third-order valence-electron chi connectivity index (χ3n) is 5.39. The number of aromatic nitrogens is 1. The largest absolute Gasteiger partial charge is 0.357 e. The van der Waals surface area contributed by atoms with E-state index in [9.17, 15) is 4.79 Å². The van der Waals surface area contributed by atoms with Crippen molar-refractivity contribution in [2.75, 3.05) is 18.4 Å². The van der Waals surface area contributed by atoms with Crippen LogP contribution in [0.4, 0.5) is 5.69 Å². The van der Waals surface area contributed by atoms with E-state index in [0.29, 0.717) is 6.54 Å². The van der Waals surface area contributed by atoms with Crippen molar-refractivity contribution in [1.29, 1.82) is 0 Å². The van der Waals surface area contributed by atoms with Gasteiger partial charge in [-0.15, -0.1) is 35.3 Å². The van der Waals surface area contributed by atoms with Crippen LogP contribution in [0.5, 0.6) is 0 Å². The summed E-state index contributed by atoms with van der Waals surface area (Å²) in [4.78, 5) is 22.9. The maximum absolute atomic E-state index is 12.4. The molecule has 1 aliphatic rings. The van der Waals surface area contributed by atoms with Gasteiger partial charge in [0, 0.05) is 36.0 Å². The number of thiazole rings is 1. The first-order valence-electron chi connectivity index (χ1n) is 10.9. The lowest BCUT2D eigenvalue weighted by molar-refractivity contribution is -0.119. The number of anilines is 1. The minimum atomic E-state index is 0. The molecule has 1 fully saturated rings. The summed E-state index contributed by atoms with van der Waals surface area (Å²) in [5.41, 5.74) is 3.05. The summed E-state index contributed by atoms with van der Waals surface area (Å²) in [5.74, 6) is 1.11. The van der Waals surface area contributed by atoms with Gasteiger partial charge in [0.15, 0.2) is 5.96 Å². The van der Waals surface area contributed by atoms with E-state index in [1.54, 1.807) is 11.3 Å². The average molecular weight is 556 g/mol. The molecule has 0 atom stereocenters. The number of halogens is 1. The molecule has 3 rings (SSSR count). The molecule has 1 amide bonds. The highest BCUT2D eigenvalue weighted by Crippen LogP contribution is 2.26. The first-order valence-corrected chi connectivity index (χ1v) is 11.7. The second-order valence-corrected chi connectivity index (χ2v) is 9.08. The predicted octanol–water partition coefficient (Wildman–Crippen LogP) is 4.80. The van der Waals surface area contributed by atoms with Gasteiger partial charge < -0.3 is 16.0 Å². The Kier molecular flexibility index (Phi) is 10.7. The quantitative estimate of drug-likeness (QED) is 0.248. The van der Waals surface area contributed by atoms with Crippen LogP contribution in [0.1, 0.15) is 53.7 Å². The van der Waals surface area contributed by atoms with Gasteiger partial charge in [0.1, 0.15) is 0 Å². The van der Waals surface area contributed by atoms with Crippen LogP contribution in [0.3, 0.4) is 0 Å². The molecule has 31 heavy (non-hydrogen) atoms. The van der Waals surface area contributed by atoms with Crippen LogP contribution in [0.25, 0.3) is 0 Å². The molecule has 0 unspecified atom stereocenters. The fourth-order valence-electron chi connectivity index (χ4n) is 3.63. The first kappa shape index (κ1) is 25.6. The summed E-state index contributed by atoms with van der Waals surface area (Å²) in [6.07, 6.45) is 5.22. The molecule has 6 nitrogen and oxygen atoms in total. The number of benzene rings is 1. The first-order chi connectivity index (χ1) is 14.5. The number of hydrogen-bond donors (Lipinski definition) is 3. The summed E-state index contributed by atoms with van der Waals surface area (Å²) >= 11 is 1.76. The van der Waals surface area contributed by atoms with Crippen LogP contribution in [0.2, 0.25) is 0 Å². The van der Waals surface area contributed by atoms with Gasteiger partial charge in [-0.1, -0.05) is 25.0 Å². The van der Waals surface area contributed by atoms with E-state index < -0.39 is 0 Å². The molecule has 0 saturated heterocycles. The average Bonchev–Trinajstić information content (AvgIpc) is 3.37. The van der Waals surface area contributed by atoms with Crippen molar-refractivity contribution in [3.05, 3.63) is 45.4 Å². The molecule has 1 aromatic heterocycles. The summed E-state index contributed by atoms with van der Waals surface area (Å²) in [7, 11) is 0. The smallest absolute Gasteiger partial charge is 0.227 e. The highest BCUT2D eigenvalue weighted by atomic mass is 127. The number of aliphatic imine (C=N–C) groups is 1. The van der Waals surface area contributed by atoms with Gasteiger partial charge in [0.25, 0.3) is 0 Å². The third kappa shape index (κ3) is 8.07. The molecule has 0 spiro atoms. The van der Waals surface area contributed by atoms with Gasteiger partial charge in [-0.25, -0.2) is 9.98 Å². The Labute approximate surface area is 206 Å². The molecule has 0 radical (unpaired) electrons. The Balaban J connectivity index is 0.00000341. The van der Waals surface area contributed by atoms with Crippen molar-refractivity contribution < 1.29 is 4.79 Å². The normalized spacial score (nSPS) is 14.2. The number of nitrogens with one attached hydrogen (secondary N) is 3. The van der Waals surface area contributed by atoms with E-state index in [1.165, 1.54) is 4.88 Å². The van der Waals surface area contributed by atoms with Gasteiger partial charge in [0.2, 0.25) is 5.91 Å². The number of nitrogens with zero attached hydrogens (tertiary/aromatic N) is 2. The monoisotopic (exact) mass is 555 g/mol. The summed E-state index contributed by atoms with van der Waals surface area (Å²) < 4.78 is 0. The van der Waals surface area contributed by atoms with Crippen LogP contribution in [0, 0.1) is 19.8 Å². The van der Waals surface area contributed by atoms with Crippen molar-refractivity contribution in [2.45, 2.75) is 59.4 Å². The van der Waals surface area contributed by atoms with E-state index >= 15 is 0 Å². The standard InChI is InChI=1S/C23H33N5OS.HI/c1-4-24-23(25-13-12-21-27-16(2)17(3)30-21)26-15-18-8-7-11-20(14-18)28-22(29)19-9-5-6-10-19;/h7-8,11,14,19H,4-6,9-10,12-13,15H2,1-3H3,(H,28,29)(H2,24,25,26);1H. The molecule has 8 heteroatoms. The van der Waals surface area contributed by atoms with Gasteiger partial charge in [-0.2, -0.15) is 0 Å². The van der Waals surface area contributed by atoms with Crippen LogP contribution in [-0.4, -0.2) is 29.9 Å². The zero-order chi connectivity index (χ0) is 21.3. The van der Waals surface area contributed by atoms with Crippen LogP contribution >= 0.6 is 35.3 Å². The highest BCUT2D eigenvalue weighted by molar-refractivity contribution is 14.0. The van der Waals surface area contributed by atoms with Crippen molar-refractivity contribution >= 4 is 52.9 Å². The lowest BCUT2D eigenvalue weighted by Crippen LogP contribution is -2.38. The van der Waals surface area contributed by atoms with Crippen LogP contribution < -0.4 is 16.0 Å². The second-order valence-electron chi connectivity index (χ2n) is 7.79. The minimum absolute atomic E-state index is 0. The summed E-state index contributed by atoms with van der Waals surface area (Å²) in [5, 5.41) is 10.9. The number of hydrogen-bond acceptors (Lipinski definition) is 4. The molecule has 3 N–H and O–H groups in total. The topological polar surface area (TPSA) is 78.4 Å². The number of guanidine groups is 1. The predicted molar refractivity (Wildman–Crippen MR) is 141 cm³/mol. The minimum Gasteiger partial charge on any atom is -0.357 e. The van der Waals surface area contributed by atoms with Crippen molar-refractivity contribution in [3.63, 3.8) is 0 Å². The maximum atomic E-state index is 12.4. The van der Waals surface area contributed by atoms with E-state index in [1.807, 2.05) is 24.3 Å². The van der Waals surface area contributed by atoms with Gasteiger partial charge in [-0.3, -0.25) is 4.79 Å². The van der Waals surface area contributed by atoms with E-state index in [-0.39, 0.29) is 35.8 Å². The van der Waals surface area contributed by atoms with E-state index in [4.69, 9.17) is 4.99 Å². The van der Waals surface area contributed by atoms with Gasteiger partial charge in [0.05, 0.1) is 17.2 Å². The Morgan fingerprint density at radius 2 is 2.00 bits per heavy atom. The Hall–Kier alpha value is -1.68. The zero-order valence-electron chi connectivity index (χ0n) is 18.7. The lowest BCUT2D eigenvalue weighted by atomic mass is 10.1. The molecule has 1 aromatic carbocycles. The molecule has 1 saturated carbocycles. The molecule has 1 aliphatic carbocycles. The van der Waals surface area contributed by atoms with Crippen molar-refractivity contribution in [1.82, 2.24) is 15.6 Å². The van der Waals surface area contributed by atoms with Crippen molar-refractivity contribution in [3.8, 4) is 0 Å². The molecule has 2 aromatic rings. The third-order valence-corrected chi connectivity index (χ3v) is 6.52. The molecule has 0 aliphatic heterocycles. The lowest BCUT2D eigenvalue weighted by Gasteiger charge is -2.12. The number of aryl methyl sites for hydroxylation is 2. The van der Waals surface area contributed by atoms with Crippen LogP contribution in [-0.2, 0) is 17.8 Å². The fraction of sp³-hybridized carbons (Fsp3) is 0.522. The Bertz CT molecular complexity index is 857. The van der Waals surface area contributed by atoms with Gasteiger partial charge >= 0.3 is 0 Å². The molecule has 0 bridgehead atoms. The SMILES string of the molecule is CCNC(=NCc1cccc(NC(=O)C2CCCC2)c1)NCCc1nc(C)c(C)s1.I. The molecule has 170 valence electrons. The van der Waals surface area contributed by atoms with Crippen molar-refractivity contribution in [2.24, 2.45) is 10.9 Å². The number of amides is 1. The van der Waals surface area contributed by atoms with E-state index in [2.05, 4.69) is 41.7 Å². The molecular formula is C23H34IN5OS. The number of carbonyl (C=O) groups is 1. The van der Waals surface area contributed by atoms with E-state index in [0.717, 1.165) is 73.1 Å². The van der Waals surface area contributed by atoms with Gasteiger partial charge in [-0.05, 0) is 51.3 Å². The Morgan fingerprint density at radius 1 is 1.23 bits per heavy atom. The molecular weight excluding hydrogens is 521 g/mol. The second kappa shape index (κ2) is 13.0. The maximum Gasteiger partial charge on any atom is 0.227 e. The zero-order valence-corrected chi connectivity index (χ0v) is 21.8. The Morgan fingerprint density at radius 3 is 2.68 bits per heavy atom. The summed E-state index contributed by atoms with van der Waals surface area (Å²) in [6.45, 7) is 8.37. The summed E-state index contributed by atoms with van der Waals surface area (Å²) in [6, 6.07) is 7.98.